The Morgan fingerprint density at radius 3 is 2.44 bits per heavy atom. The molecular weight excluding hydrogens is 469 g/mol. The topological polar surface area (TPSA) is 111 Å². The van der Waals surface area contributed by atoms with Crippen LogP contribution in [-0.2, 0) is 20.8 Å². The number of aromatic nitrogens is 1. The Kier molecular flexibility index (Phi) is 8.67. The number of rotatable bonds is 10. The third-order valence-corrected chi connectivity index (χ3v) is 5.27. The minimum Gasteiger partial charge on any atom is -0.468 e. The first-order valence-corrected chi connectivity index (χ1v) is 11.5. The molecule has 36 heavy (non-hydrogen) atoms. The molecule has 1 unspecified atom stereocenters. The number of fused-ring (bicyclic) bond motifs is 1. The fourth-order valence-corrected chi connectivity index (χ4v) is 3.59. The first kappa shape index (κ1) is 27.1. The van der Waals surface area contributed by atoms with Crippen LogP contribution in [0.2, 0.25) is 0 Å². The number of aliphatic hydroxyl groups excluding tert-OH is 1. The molecule has 0 saturated carbocycles. The summed E-state index contributed by atoms with van der Waals surface area (Å²) in [6.07, 6.45) is -1.13. The van der Waals surface area contributed by atoms with Crippen LogP contribution in [0.15, 0.2) is 42.5 Å². The lowest BCUT2D eigenvalue weighted by Crippen LogP contribution is -2.41. The van der Waals surface area contributed by atoms with E-state index in [9.17, 15) is 19.1 Å². The number of amides is 1. The van der Waals surface area contributed by atoms with Gasteiger partial charge < -0.3 is 29.2 Å². The standard InChI is InChI=1S/C26H32FN3O6/c1-16-23(20-14-18(27)8-11-21(20)30(16)15-22(31)34-5)35-19-9-6-17(7-10-19)24(32)28-12-13-29-25(33)36-26(2,3)4/h6-11,14,25,29,33H,12-13,15H2,1-5H3,(H,28,32). The predicted molar refractivity (Wildman–Crippen MR) is 132 cm³/mol. The molecule has 1 amide bonds. The molecule has 1 atom stereocenters. The first-order valence-electron chi connectivity index (χ1n) is 11.5. The maximum atomic E-state index is 14.0. The number of methoxy groups -OCH3 is 1. The summed E-state index contributed by atoms with van der Waals surface area (Å²) in [6.45, 7) is 7.81. The Hall–Kier alpha value is -3.47. The molecule has 2 aromatic carbocycles. The average Bonchev–Trinajstić information content (AvgIpc) is 3.06. The molecule has 194 valence electrons. The SMILES string of the molecule is COC(=O)Cn1c(C)c(Oc2ccc(C(=O)NCCNC(O)OC(C)(C)C)cc2)c2cc(F)ccc21. The number of aliphatic hydroxyl groups is 1. The highest BCUT2D eigenvalue weighted by molar-refractivity contribution is 5.94. The van der Waals surface area contributed by atoms with Gasteiger partial charge in [-0.1, -0.05) is 0 Å². The molecule has 3 N–H and O–H groups in total. The van der Waals surface area contributed by atoms with Gasteiger partial charge in [0.2, 0.25) is 6.41 Å². The number of halogens is 1. The van der Waals surface area contributed by atoms with Gasteiger partial charge in [0.25, 0.3) is 5.91 Å². The number of esters is 1. The molecule has 1 aromatic heterocycles. The summed E-state index contributed by atoms with van der Waals surface area (Å²) in [5, 5.41) is 15.8. The van der Waals surface area contributed by atoms with Gasteiger partial charge in [0.1, 0.15) is 18.1 Å². The van der Waals surface area contributed by atoms with Crippen LogP contribution in [-0.4, -0.2) is 53.8 Å². The van der Waals surface area contributed by atoms with Crippen molar-refractivity contribution in [2.45, 2.75) is 46.3 Å². The summed E-state index contributed by atoms with van der Waals surface area (Å²) < 4.78 is 31.8. The normalized spacial score (nSPS) is 12.4. The number of carbonyl (C=O) groups is 2. The van der Waals surface area contributed by atoms with Crippen LogP contribution in [0.1, 0.15) is 36.8 Å². The molecule has 9 nitrogen and oxygen atoms in total. The highest BCUT2D eigenvalue weighted by Crippen LogP contribution is 2.36. The van der Waals surface area contributed by atoms with Crippen LogP contribution in [0.3, 0.4) is 0 Å². The van der Waals surface area contributed by atoms with Crippen molar-refractivity contribution in [3.8, 4) is 11.5 Å². The third-order valence-electron chi connectivity index (χ3n) is 5.27. The largest absolute Gasteiger partial charge is 0.468 e. The van der Waals surface area contributed by atoms with Gasteiger partial charge in [-0.05, 0) is 70.2 Å². The van der Waals surface area contributed by atoms with Gasteiger partial charge in [-0.2, -0.15) is 0 Å². The van der Waals surface area contributed by atoms with Gasteiger partial charge in [0.15, 0.2) is 5.75 Å². The molecule has 3 aromatic rings. The van der Waals surface area contributed by atoms with Gasteiger partial charge in [-0.25, -0.2) is 4.39 Å². The van der Waals surface area contributed by atoms with E-state index in [1.807, 2.05) is 20.8 Å². The molecule has 0 aliphatic rings. The zero-order chi connectivity index (χ0) is 26.5. The maximum absolute atomic E-state index is 14.0. The van der Waals surface area contributed by atoms with Crippen LogP contribution >= 0.6 is 0 Å². The minimum atomic E-state index is -1.13. The molecule has 0 aliphatic heterocycles. The van der Waals surface area contributed by atoms with Crippen molar-refractivity contribution in [2.75, 3.05) is 20.2 Å². The average molecular weight is 502 g/mol. The quantitative estimate of drug-likeness (QED) is 0.222. The molecule has 0 saturated heterocycles. The van der Waals surface area contributed by atoms with E-state index in [4.69, 9.17) is 14.2 Å². The predicted octanol–water partition coefficient (Wildman–Crippen LogP) is 3.46. The highest BCUT2D eigenvalue weighted by atomic mass is 19.1. The monoisotopic (exact) mass is 501 g/mol. The van der Waals surface area contributed by atoms with Crippen LogP contribution in [0.4, 0.5) is 4.39 Å². The van der Waals surface area contributed by atoms with E-state index in [0.29, 0.717) is 40.2 Å². The second-order valence-electron chi connectivity index (χ2n) is 9.16. The summed E-state index contributed by atoms with van der Waals surface area (Å²) in [4.78, 5) is 24.3. The van der Waals surface area contributed by atoms with E-state index >= 15 is 0 Å². The Morgan fingerprint density at radius 2 is 1.81 bits per heavy atom. The number of ether oxygens (including phenoxy) is 3. The van der Waals surface area contributed by atoms with Crippen molar-refractivity contribution in [2.24, 2.45) is 0 Å². The Labute approximate surface area is 209 Å². The van der Waals surface area contributed by atoms with E-state index in [-0.39, 0.29) is 19.0 Å². The van der Waals surface area contributed by atoms with E-state index in [1.165, 1.54) is 19.2 Å². The Morgan fingerprint density at radius 1 is 1.11 bits per heavy atom. The number of carbonyl (C=O) groups excluding carboxylic acids is 2. The van der Waals surface area contributed by atoms with Crippen molar-refractivity contribution >= 4 is 22.8 Å². The molecule has 3 rings (SSSR count). The molecule has 0 spiro atoms. The molecule has 10 heteroatoms. The van der Waals surface area contributed by atoms with Crippen LogP contribution < -0.4 is 15.4 Å². The molecule has 0 aliphatic carbocycles. The minimum absolute atomic E-state index is 0.0405. The number of nitrogens with one attached hydrogen (secondary N) is 2. The fraction of sp³-hybridized carbons (Fsp3) is 0.385. The zero-order valence-electron chi connectivity index (χ0n) is 21.1. The first-order chi connectivity index (χ1) is 17.0. The number of hydrogen-bond acceptors (Lipinski definition) is 7. The van der Waals surface area contributed by atoms with Crippen LogP contribution in [0.5, 0.6) is 11.5 Å². The van der Waals surface area contributed by atoms with E-state index < -0.39 is 23.8 Å². The maximum Gasteiger partial charge on any atom is 0.325 e. The highest BCUT2D eigenvalue weighted by Gasteiger charge is 2.19. The molecule has 0 bridgehead atoms. The summed E-state index contributed by atoms with van der Waals surface area (Å²) in [6, 6.07) is 10.8. The number of nitrogens with zero attached hydrogens (tertiary/aromatic N) is 1. The molecule has 1 heterocycles. The smallest absolute Gasteiger partial charge is 0.325 e. The lowest BCUT2D eigenvalue weighted by atomic mass is 10.2. The van der Waals surface area contributed by atoms with Crippen molar-refractivity contribution in [1.29, 1.82) is 0 Å². The number of hydrogen-bond donors (Lipinski definition) is 3. The van der Waals surface area contributed by atoms with Crippen LogP contribution in [0.25, 0.3) is 10.9 Å². The Bertz CT molecular complexity index is 1220. The van der Waals surface area contributed by atoms with Gasteiger partial charge in [0.05, 0.1) is 23.9 Å². The molecular formula is C26H32FN3O6. The number of benzene rings is 2. The summed E-state index contributed by atoms with van der Waals surface area (Å²) in [5.41, 5.74) is 1.19. The van der Waals surface area contributed by atoms with Crippen molar-refractivity contribution in [1.82, 2.24) is 15.2 Å². The fourth-order valence-electron chi connectivity index (χ4n) is 3.59. The van der Waals surface area contributed by atoms with Crippen molar-refractivity contribution in [3.05, 3.63) is 59.5 Å². The summed E-state index contributed by atoms with van der Waals surface area (Å²) in [7, 11) is 1.31. The third kappa shape index (κ3) is 7.03. The molecule has 0 radical (unpaired) electrons. The van der Waals surface area contributed by atoms with Gasteiger partial charge in [0, 0.05) is 24.0 Å². The zero-order valence-corrected chi connectivity index (χ0v) is 21.1. The summed E-state index contributed by atoms with van der Waals surface area (Å²) in [5.74, 6) is -0.301. The van der Waals surface area contributed by atoms with Crippen molar-refractivity contribution in [3.63, 3.8) is 0 Å². The second kappa shape index (κ2) is 11.5. The lowest BCUT2D eigenvalue weighted by molar-refractivity contribution is -0.180. The van der Waals surface area contributed by atoms with E-state index in [2.05, 4.69) is 10.6 Å². The van der Waals surface area contributed by atoms with Crippen molar-refractivity contribution < 1.29 is 33.3 Å². The Balaban J connectivity index is 1.66. The van der Waals surface area contributed by atoms with Gasteiger partial charge >= 0.3 is 5.97 Å². The lowest BCUT2D eigenvalue weighted by Gasteiger charge is -2.24. The van der Waals surface area contributed by atoms with Gasteiger partial charge in [-0.15, -0.1) is 0 Å². The van der Waals surface area contributed by atoms with E-state index in [0.717, 1.165) is 0 Å². The van der Waals surface area contributed by atoms with Crippen LogP contribution in [0, 0.1) is 12.7 Å². The summed E-state index contributed by atoms with van der Waals surface area (Å²) >= 11 is 0. The van der Waals surface area contributed by atoms with E-state index in [1.54, 1.807) is 41.8 Å². The van der Waals surface area contributed by atoms with Gasteiger partial charge in [-0.3, -0.25) is 14.9 Å². The molecule has 0 fully saturated rings. The second-order valence-corrected chi connectivity index (χ2v) is 9.16.